The first-order chi connectivity index (χ1) is 7.58. The van der Waals surface area contributed by atoms with Crippen LogP contribution in [0.4, 0.5) is 0 Å². The van der Waals surface area contributed by atoms with Crippen LogP contribution < -0.4 is 4.74 Å². The van der Waals surface area contributed by atoms with Crippen molar-refractivity contribution in [3.8, 4) is 5.75 Å². The Morgan fingerprint density at radius 2 is 2.00 bits per heavy atom. The Morgan fingerprint density at radius 3 is 2.50 bits per heavy atom. The summed E-state index contributed by atoms with van der Waals surface area (Å²) in [4.78, 5) is 0. The second kappa shape index (κ2) is 5.90. The summed E-state index contributed by atoms with van der Waals surface area (Å²) in [5.41, 5.74) is 2.33. The highest BCUT2D eigenvalue weighted by atomic mass is 16.5. The molecule has 0 saturated carbocycles. The van der Waals surface area contributed by atoms with E-state index in [0.717, 1.165) is 17.7 Å². The van der Waals surface area contributed by atoms with Gasteiger partial charge in [0.05, 0.1) is 13.7 Å². The SMILES string of the molecule is COc1ccc(C)cc1C(CO)CC(C)C. The van der Waals surface area contributed by atoms with Crippen LogP contribution in [0.25, 0.3) is 0 Å². The molecule has 0 aromatic heterocycles. The fourth-order valence-electron chi connectivity index (χ4n) is 2.04. The lowest BCUT2D eigenvalue weighted by Crippen LogP contribution is -2.09. The van der Waals surface area contributed by atoms with E-state index in [1.807, 2.05) is 12.1 Å². The van der Waals surface area contributed by atoms with Gasteiger partial charge < -0.3 is 9.84 Å². The van der Waals surface area contributed by atoms with E-state index in [-0.39, 0.29) is 12.5 Å². The molecule has 90 valence electrons. The van der Waals surface area contributed by atoms with Crippen molar-refractivity contribution in [2.24, 2.45) is 5.92 Å². The van der Waals surface area contributed by atoms with Crippen LogP contribution in [0.1, 0.15) is 37.3 Å². The van der Waals surface area contributed by atoms with E-state index in [9.17, 15) is 5.11 Å². The van der Waals surface area contributed by atoms with E-state index >= 15 is 0 Å². The highest BCUT2D eigenvalue weighted by Gasteiger charge is 2.16. The number of methoxy groups -OCH3 is 1. The van der Waals surface area contributed by atoms with Gasteiger partial charge in [-0.15, -0.1) is 0 Å². The number of aliphatic hydroxyl groups is 1. The second-order valence-corrected chi connectivity index (χ2v) is 4.75. The van der Waals surface area contributed by atoms with Crippen LogP contribution in [0, 0.1) is 12.8 Å². The smallest absolute Gasteiger partial charge is 0.122 e. The Labute approximate surface area is 98.3 Å². The zero-order valence-corrected chi connectivity index (χ0v) is 10.7. The molecule has 0 radical (unpaired) electrons. The van der Waals surface area contributed by atoms with E-state index in [1.54, 1.807) is 7.11 Å². The fourth-order valence-corrected chi connectivity index (χ4v) is 2.04. The van der Waals surface area contributed by atoms with Crippen LogP contribution >= 0.6 is 0 Å². The molecule has 16 heavy (non-hydrogen) atoms. The first-order valence-corrected chi connectivity index (χ1v) is 5.83. The van der Waals surface area contributed by atoms with Gasteiger partial charge in [-0.05, 0) is 30.9 Å². The van der Waals surface area contributed by atoms with Crippen molar-refractivity contribution in [3.63, 3.8) is 0 Å². The van der Waals surface area contributed by atoms with Gasteiger partial charge in [0.1, 0.15) is 5.75 Å². The predicted molar refractivity (Wildman–Crippen MR) is 67.0 cm³/mol. The molecule has 0 bridgehead atoms. The lowest BCUT2D eigenvalue weighted by molar-refractivity contribution is 0.245. The molecule has 0 fully saturated rings. The quantitative estimate of drug-likeness (QED) is 0.829. The molecular weight excluding hydrogens is 200 g/mol. The Hall–Kier alpha value is -1.02. The minimum Gasteiger partial charge on any atom is -0.496 e. The van der Waals surface area contributed by atoms with Gasteiger partial charge in [0.15, 0.2) is 0 Å². The minimum atomic E-state index is 0.176. The summed E-state index contributed by atoms with van der Waals surface area (Å²) < 4.78 is 5.35. The molecule has 0 aliphatic carbocycles. The van der Waals surface area contributed by atoms with Crippen molar-refractivity contribution in [2.45, 2.75) is 33.1 Å². The highest BCUT2D eigenvalue weighted by Crippen LogP contribution is 2.31. The Kier molecular flexibility index (Phi) is 4.81. The number of aryl methyl sites for hydroxylation is 1. The third-order valence-corrected chi connectivity index (χ3v) is 2.80. The van der Waals surface area contributed by atoms with E-state index in [2.05, 4.69) is 26.8 Å². The summed E-state index contributed by atoms with van der Waals surface area (Å²) >= 11 is 0. The van der Waals surface area contributed by atoms with Gasteiger partial charge in [0.25, 0.3) is 0 Å². The Balaban J connectivity index is 3.02. The van der Waals surface area contributed by atoms with Gasteiger partial charge in [0.2, 0.25) is 0 Å². The van der Waals surface area contributed by atoms with Crippen LogP contribution in [-0.4, -0.2) is 18.8 Å². The molecule has 1 rings (SSSR count). The number of aliphatic hydroxyl groups excluding tert-OH is 1. The largest absolute Gasteiger partial charge is 0.496 e. The summed E-state index contributed by atoms with van der Waals surface area (Å²) in [7, 11) is 1.68. The van der Waals surface area contributed by atoms with Crippen LogP contribution in [-0.2, 0) is 0 Å². The topological polar surface area (TPSA) is 29.5 Å². The molecule has 0 amide bonds. The average Bonchev–Trinajstić information content (AvgIpc) is 2.25. The molecule has 0 spiro atoms. The van der Waals surface area contributed by atoms with E-state index < -0.39 is 0 Å². The van der Waals surface area contributed by atoms with Crippen molar-refractivity contribution in [3.05, 3.63) is 29.3 Å². The Morgan fingerprint density at radius 1 is 1.31 bits per heavy atom. The maximum Gasteiger partial charge on any atom is 0.122 e. The Bertz CT molecular complexity index is 332. The number of hydrogen-bond donors (Lipinski definition) is 1. The third-order valence-electron chi connectivity index (χ3n) is 2.80. The average molecular weight is 222 g/mol. The normalized spacial score (nSPS) is 12.9. The zero-order valence-electron chi connectivity index (χ0n) is 10.7. The molecule has 1 unspecified atom stereocenters. The maximum absolute atomic E-state index is 9.48. The van der Waals surface area contributed by atoms with Gasteiger partial charge >= 0.3 is 0 Å². The number of hydrogen-bond acceptors (Lipinski definition) is 2. The van der Waals surface area contributed by atoms with Crippen LogP contribution in [0.5, 0.6) is 5.75 Å². The molecule has 1 N–H and O–H groups in total. The summed E-state index contributed by atoms with van der Waals surface area (Å²) in [6.45, 7) is 6.58. The molecule has 1 aromatic rings. The van der Waals surface area contributed by atoms with Crippen molar-refractivity contribution >= 4 is 0 Å². The van der Waals surface area contributed by atoms with Crippen LogP contribution in [0.2, 0.25) is 0 Å². The van der Waals surface area contributed by atoms with Gasteiger partial charge in [0, 0.05) is 5.92 Å². The molecule has 0 saturated heterocycles. The van der Waals surface area contributed by atoms with E-state index in [1.165, 1.54) is 5.56 Å². The zero-order chi connectivity index (χ0) is 12.1. The maximum atomic E-state index is 9.48. The molecule has 0 heterocycles. The van der Waals surface area contributed by atoms with Crippen LogP contribution in [0.15, 0.2) is 18.2 Å². The first-order valence-electron chi connectivity index (χ1n) is 5.83. The summed E-state index contributed by atoms with van der Waals surface area (Å²) in [5, 5.41) is 9.48. The summed E-state index contributed by atoms with van der Waals surface area (Å²) in [6.07, 6.45) is 0.982. The monoisotopic (exact) mass is 222 g/mol. The van der Waals surface area contributed by atoms with Gasteiger partial charge in [-0.25, -0.2) is 0 Å². The van der Waals surface area contributed by atoms with Gasteiger partial charge in [-0.3, -0.25) is 0 Å². The molecule has 0 aliphatic rings. The van der Waals surface area contributed by atoms with Crippen molar-refractivity contribution in [1.82, 2.24) is 0 Å². The minimum absolute atomic E-state index is 0.176. The highest BCUT2D eigenvalue weighted by molar-refractivity contribution is 5.39. The number of benzene rings is 1. The van der Waals surface area contributed by atoms with E-state index in [4.69, 9.17) is 4.74 Å². The molecule has 2 nitrogen and oxygen atoms in total. The van der Waals surface area contributed by atoms with Gasteiger partial charge in [-0.2, -0.15) is 0 Å². The fraction of sp³-hybridized carbons (Fsp3) is 0.571. The summed E-state index contributed by atoms with van der Waals surface area (Å²) in [5.74, 6) is 1.63. The number of rotatable bonds is 5. The van der Waals surface area contributed by atoms with Crippen LogP contribution in [0.3, 0.4) is 0 Å². The molecule has 1 aromatic carbocycles. The molecule has 2 heteroatoms. The predicted octanol–water partition coefficient (Wildman–Crippen LogP) is 3.13. The van der Waals surface area contributed by atoms with Crippen molar-refractivity contribution in [1.29, 1.82) is 0 Å². The first kappa shape index (κ1) is 13.0. The molecule has 1 atom stereocenters. The third kappa shape index (κ3) is 3.24. The summed E-state index contributed by atoms with van der Waals surface area (Å²) in [6, 6.07) is 6.13. The number of ether oxygens (including phenoxy) is 1. The second-order valence-electron chi connectivity index (χ2n) is 4.75. The van der Waals surface area contributed by atoms with Crippen molar-refractivity contribution < 1.29 is 9.84 Å². The lowest BCUT2D eigenvalue weighted by Gasteiger charge is -2.20. The van der Waals surface area contributed by atoms with Crippen molar-refractivity contribution in [2.75, 3.05) is 13.7 Å². The van der Waals surface area contributed by atoms with Gasteiger partial charge in [-0.1, -0.05) is 31.5 Å². The standard InChI is InChI=1S/C14H22O2/c1-10(2)7-12(9-15)13-8-11(3)5-6-14(13)16-4/h5-6,8,10,12,15H,7,9H2,1-4H3. The lowest BCUT2D eigenvalue weighted by atomic mass is 9.89. The van der Waals surface area contributed by atoms with E-state index in [0.29, 0.717) is 5.92 Å². The molecular formula is C14H22O2. The molecule has 0 aliphatic heterocycles.